The number of rotatable bonds is 4. The molecule has 2 heterocycles. The van der Waals surface area contributed by atoms with Crippen molar-refractivity contribution in [2.45, 2.75) is 25.1 Å². The number of nitrogen functional groups attached to an aromatic ring is 1. The van der Waals surface area contributed by atoms with Crippen LogP contribution in [0.1, 0.15) is 19.0 Å². The average molecular weight is 318 g/mol. The van der Waals surface area contributed by atoms with Crippen LogP contribution in [0, 0.1) is 0 Å². The first-order valence-electron chi connectivity index (χ1n) is 6.70. The van der Waals surface area contributed by atoms with Gasteiger partial charge in [0.15, 0.2) is 15.7 Å². The minimum absolute atomic E-state index is 0.520. The zero-order valence-corrected chi connectivity index (χ0v) is 13.8. The Hall–Kier alpha value is -0.890. The third-order valence-corrected chi connectivity index (χ3v) is 6.11. The number of anilines is 2. The van der Waals surface area contributed by atoms with E-state index >= 15 is 0 Å². The first-order chi connectivity index (χ1) is 9.36. The Morgan fingerprint density at radius 2 is 2.20 bits per heavy atom. The van der Waals surface area contributed by atoms with E-state index in [1.165, 1.54) is 6.26 Å². The van der Waals surface area contributed by atoms with Crippen LogP contribution < -0.4 is 10.6 Å². The van der Waals surface area contributed by atoms with Gasteiger partial charge in [-0.25, -0.2) is 8.42 Å². The van der Waals surface area contributed by atoms with Crippen molar-refractivity contribution in [1.29, 1.82) is 0 Å². The highest BCUT2D eigenvalue weighted by atomic mass is 32.2. The van der Waals surface area contributed by atoms with Gasteiger partial charge in [-0.15, -0.1) is 0 Å². The molecule has 0 spiro atoms. The van der Waals surface area contributed by atoms with Crippen LogP contribution in [0.3, 0.4) is 0 Å². The first kappa shape index (κ1) is 15.5. The molecule has 0 radical (unpaired) electrons. The van der Waals surface area contributed by atoms with Gasteiger partial charge in [0, 0.05) is 31.4 Å². The second-order valence-corrected chi connectivity index (χ2v) is 8.46. The second kappa shape index (κ2) is 5.85. The first-order valence-corrected chi connectivity index (χ1v) is 9.81. The van der Waals surface area contributed by atoms with Gasteiger partial charge in [0.05, 0.1) is 11.4 Å². The Morgan fingerprint density at radius 1 is 1.50 bits per heavy atom. The fourth-order valence-electron chi connectivity index (χ4n) is 2.53. The van der Waals surface area contributed by atoms with Crippen molar-refractivity contribution in [3.05, 3.63) is 5.69 Å². The molecule has 1 aromatic rings. The van der Waals surface area contributed by atoms with E-state index in [0.29, 0.717) is 18.0 Å². The summed E-state index contributed by atoms with van der Waals surface area (Å²) in [5, 5.41) is 3.92. The number of hydrogen-bond donors (Lipinski definition) is 1. The Morgan fingerprint density at radius 3 is 2.80 bits per heavy atom. The molecule has 114 valence electrons. The number of nitrogens with two attached hydrogens (primary N) is 1. The van der Waals surface area contributed by atoms with Crippen molar-refractivity contribution in [2.24, 2.45) is 7.05 Å². The van der Waals surface area contributed by atoms with E-state index in [0.717, 1.165) is 30.1 Å². The van der Waals surface area contributed by atoms with Crippen LogP contribution >= 0.6 is 11.8 Å². The number of sulfone groups is 1. The lowest BCUT2D eigenvalue weighted by atomic mass is 10.2. The van der Waals surface area contributed by atoms with Crippen LogP contribution in [0.15, 0.2) is 0 Å². The highest BCUT2D eigenvalue weighted by Crippen LogP contribution is 2.32. The van der Waals surface area contributed by atoms with Gasteiger partial charge < -0.3 is 10.6 Å². The third kappa shape index (κ3) is 2.90. The summed E-state index contributed by atoms with van der Waals surface area (Å²) in [5.74, 6) is 2.22. The topological polar surface area (TPSA) is 81.2 Å². The lowest BCUT2D eigenvalue weighted by Crippen LogP contribution is -2.48. The van der Waals surface area contributed by atoms with E-state index in [2.05, 4.69) is 12.0 Å². The zero-order valence-electron chi connectivity index (χ0n) is 12.2. The number of hydrogen-bond acceptors (Lipinski definition) is 6. The van der Waals surface area contributed by atoms with Gasteiger partial charge in [0.1, 0.15) is 5.37 Å². The lowest BCUT2D eigenvalue weighted by Gasteiger charge is -2.35. The van der Waals surface area contributed by atoms with Crippen molar-refractivity contribution in [1.82, 2.24) is 9.78 Å². The van der Waals surface area contributed by atoms with Crippen LogP contribution in [0.5, 0.6) is 0 Å². The van der Waals surface area contributed by atoms with Crippen LogP contribution in [0.2, 0.25) is 0 Å². The number of aromatic nitrogens is 2. The highest BCUT2D eigenvalue weighted by Gasteiger charge is 2.34. The van der Waals surface area contributed by atoms with E-state index < -0.39 is 15.2 Å². The molecule has 8 heteroatoms. The standard InChI is InChI=1S/C12H22N4O2S2/c1-4-5-9-11(13)12(15(2)14-9)16-6-7-19-8-10(16)20(3,17)18/h10H,4-8,13H2,1-3H3. The molecular weight excluding hydrogens is 296 g/mol. The molecule has 0 saturated carbocycles. The molecule has 1 unspecified atom stereocenters. The quantitative estimate of drug-likeness (QED) is 0.887. The van der Waals surface area contributed by atoms with Crippen LogP contribution in [0.25, 0.3) is 0 Å². The summed E-state index contributed by atoms with van der Waals surface area (Å²) >= 11 is 1.67. The molecule has 0 aliphatic carbocycles. The largest absolute Gasteiger partial charge is 0.394 e. The second-order valence-electron chi connectivity index (χ2n) is 5.11. The lowest BCUT2D eigenvalue weighted by molar-refractivity contribution is 0.581. The number of nitrogens with zero attached hydrogens (tertiary/aromatic N) is 3. The normalized spacial score (nSPS) is 20.4. The van der Waals surface area contributed by atoms with E-state index in [1.54, 1.807) is 16.4 Å². The molecule has 1 fully saturated rings. The Kier molecular flexibility index (Phi) is 4.53. The van der Waals surface area contributed by atoms with Crippen LogP contribution in [-0.2, 0) is 23.3 Å². The molecule has 2 rings (SSSR count). The summed E-state index contributed by atoms with van der Waals surface area (Å²) < 4.78 is 25.7. The summed E-state index contributed by atoms with van der Waals surface area (Å²) in [6.45, 7) is 2.75. The fraction of sp³-hybridized carbons (Fsp3) is 0.750. The maximum absolute atomic E-state index is 12.0. The smallest absolute Gasteiger partial charge is 0.169 e. The molecule has 1 atom stereocenters. The van der Waals surface area contributed by atoms with Crippen LogP contribution in [0.4, 0.5) is 11.5 Å². The van der Waals surface area contributed by atoms with E-state index in [4.69, 9.17) is 5.73 Å². The molecule has 1 aliphatic heterocycles. The fourth-order valence-corrected chi connectivity index (χ4v) is 5.34. The molecule has 1 saturated heterocycles. The molecule has 2 N–H and O–H groups in total. The summed E-state index contributed by atoms with van der Waals surface area (Å²) in [4.78, 5) is 1.90. The highest BCUT2D eigenvalue weighted by molar-refractivity contribution is 8.01. The van der Waals surface area contributed by atoms with Crippen molar-refractivity contribution in [3.8, 4) is 0 Å². The van der Waals surface area contributed by atoms with Gasteiger partial charge in [-0.2, -0.15) is 16.9 Å². The van der Waals surface area contributed by atoms with Gasteiger partial charge >= 0.3 is 0 Å². The molecule has 0 aromatic carbocycles. The summed E-state index contributed by atoms with van der Waals surface area (Å²) in [5.41, 5.74) is 7.68. The van der Waals surface area contributed by atoms with Gasteiger partial charge in [0.2, 0.25) is 0 Å². The predicted octanol–water partition coefficient (Wildman–Crippen LogP) is 0.879. The van der Waals surface area contributed by atoms with Gasteiger partial charge in [-0.1, -0.05) is 13.3 Å². The SMILES string of the molecule is CCCc1nn(C)c(N2CCSCC2S(C)(=O)=O)c1N. The Balaban J connectivity index is 2.43. The van der Waals surface area contributed by atoms with Gasteiger partial charge in [-0.3, -0.25) is 4.68 Å². The van der Waals surface area contributed by atoms with Crippen molar-refractivity contribution in [2.75, 3.05) is 34.9 Å². The molecule has 0 bridgehead atoms. The Bertz CT molecular complexity index is 583. The van der Waals surface area contributed by atoms with Gasteiger partial charge in [0.25, 0.3) is 0 Å². The Labute approximate surface area is 124 Å². The zero-order chi connectivity index (χ0) is 14.9. The summed E-state index contributed by atoms with van der Waals surface area (Å²) in [6, 6.07) is 0. The van der Waals surface area contributed by atoms with Crippen molar-refractivity contribution < 1.29 is 8.42 Å². The third-order valence-electron chi connectivity index (χ3n) is 3.47. The molecule has 0 amide bonds. The van der Waals surface area contributed by atoms with E-state index in [9.17, 15) is 8.42 Å². The number of aryl methyl sites for hydroxylation is 2. The van der Waals surface area contributed by atoms with Crippen molar-refractivity contribution in [3.63, 3.8) is 0 Å². The maximum Gasteiger partial charge on any atom is 0.169 e. The molecule has 6 nitrogen and oxygen atoms in total. The van der Waals surface area contributed by atoms with E-state index in [1.807, 2.05) is 11.9 Å². The van der Waals surface area contributed by atoms with Crippen molar-refractivity contribution >= 4 is 33.1 Å². The van der Waals surface area contributed by atoms with E-state index in [-0.39, 0.29) is 0 Å². The van der Waals surface area contributed by atoms with Crippen LogP contribution in [-0.4, -0.2) is 47.9 Å². The van der Waals surface area contributed by atoms with Gasteiger partial charge in [-0.05, 0) is 6.42 Å². The number of thioether (sulfide) groups is 1. The molecular formula is C12H22N4O2S2. The molecule has 1 aromatic heterocycles. The monoisotopic (exact) mass is 318 g/mol. The summed E-state index contributed by atoms with van der Waals surface area (Å²) in [7, 11) is -1.33. The molecule has 1 aliphatic rings. The average Bonchev–Trinajstić information content (AvgIpc) is 2.64. The summed E-state index contributed by atoms with van der Waals surface area (Å²) in [6.07, 6.45) is 3.06. The maximum atomic E-state index is 12.0. The minimum atomic E-state index is -3.15. The minimum Gasteiger partial charge on any atom is -0.394 e. The predicted molar refractivity (Wildman–Crippen MR) is 84.9 cm³/mol. The molecule has 20 heavy (non-hydrogen) atoms.